The van der Waals surface area contributed by atoms with Crippen molar-refractivity contribution in [2.24, 2.45) is 0 Å². The Morgan fingerprint density at radius 2 is 0.641 bits per heavy atom. The molecule has 0 N–H and O–H groups in total. The van der Waals surface area contributed by atoms with E-state index in [0.29, 0.717) is 0 Å². The van der Waals surface area contributed by atoms with Crippen LogP contribution < -0.4 is 4.90 Å². The lowest BCUT2D eigenvalue weighted by Crippen LogP contribution is -2.10. The van der Waals surface area contributed by atoms with Crippen molar-refractivity contribution in [1.82, 2.24) is 4.57 Å². The second kappa shape index (κ2) is 17.1. The number of nitrogens with zero attached hydrogens (tertiary/aromatic N) is 2. The van der Waals surface area contributed by atoms with Crippen molar-refractivity contribution >= 4 is 51.0 Å². The maximum absolute atomic E-state index is 2.43. The highest BCUT2D eigenvalue weighted by molar-refractivity contribution is 6.12. The van der Waals surface area contributed by atoms with Crippen LogP contribution in [0.25, 0.3) is 84.2 Å². The van der Waals surface area contributed by atoms with E-state index in [-0.39, 0.29) is 0 Å². The van der Waals surface area contributed by atoms with Crippen molar-refractivity contribution in [3.05, 3.63) is 266 Å². The lowest BCUT2D eigenvalue weighted by molar-refractivity contribution is 1.17. The summed E-state index contributed by atoms with van der Waals surface area (Å²) in [6.45, 7) is 0. The predicted octanol–water partition coefficient (Wildman–Crippen LogP) is 17.1. The molecule has 0 aliphatic heterocycles. The third kappa shape index (κ3) is 7.48. The van der Waals surface area contributed by atoms with Gasteiger partial charge in [-0.1, -0.05) is 194 Å². The first kappa shape index (κ1) is 38.5. The number of hydrogen-bond donors (Lipinski definition) is 0. The lowest BCUT2D eigenvalue weighted by atomic mass is 9.92. The van der Waals surface area contributed by atoms with Gasteiger partial charge in [-0.3, -0.25) is 0 Å². The third-order valence-electron chi connectivity index (χ3n) is 12.2. The highest BCUT2D eigenvalue weighted by Crippen LogP contribution is 2.42. The minimum absolute atomic E-state index is 1.09. The SMILES string of the molecule is C(=Cc1ccc(N(c2ccccc2)c2ccc(-n3c4ccc(-c5ccccc5-c5ccccc5)cc4c4cc(-c5ccccc5-c5ccccc5)ccc43)cc2)cc1)c1ccccc1. The van der Waals surface area contributed by atoms with Crippen LogP contribution >= 0.6 is 0 Å². The number of rotatable bonds is 10. The molecule has 1 aromatic heterocycles. The second-order valence-electron chi connectivity index (χ2n) is 16.1. The average Bonchev–Trinajstić information content (AvgIpc) is 3.70. The molecule has 0 radical (unpaired) electrons. The Morgan fingerprint density at radius 1 is 0.281 bits per heavy atom. The van der Waals surface area contributed by atoms with Gasteiger partial charge in [0.1, 0.15) is 0 Å². The summed E-state index contributed by atoms with van der Waals surface area (Å²) < 4.78 is 2.43. The normalized spacial score (nSPS) is 11.4. The van der Waals surface area contributed by atoms with E-state index < -0.39 is 0 Å². The number of aromatic nitrogens is 1. The van der Waals surface area contributed by atoms with Crippen LogP contribution in [0.5, 0.6) is 0 Å². The fourth-order valence-corrected chi connectivity index (χ4v) is 9.11. The summed E-state index contributed by atoms with van der Waals surface area (Å²) in [6.07, 6.45) is 4.33. The molecule has 0 bridgehead atoms. The third-order valence-corrected chi connectivity index (χ3v) is 12.2. The molecule has 11 rings (SSSR count). The molecule has 302 valence electrons. The standard InChI is InChI=1S/C62H44N2/c1-5-17-45(18-6-1)29-30-46-31-35-52(36-32-46)63(51-23-11-4-12-24-51)53-37-39-54(40-38-53)64-61-41-33-49(57-27-15-13-25-55(57)47-19-7-2-8-20-47)43-59(61)60-44-50(34-42-62(60)64)58-28-16-14-26-56(58)48-21-9-3-10-22-48/h1-44H. The van der Waals surface area contributed by atoms with E-state index >= 15 is 0 Å². The highest BCUT2D eigenvalue weighted by atomic mass is 15.1. The number of para-hydroxylation sites is 1. The van der Waals surface area contributed by atoms with Gasteiger partial charge in [-0.25, -0.2) is 0 Å². The first-order valence-electron chi connectivity index (χ1n) is 21.9. The van der Waals surface area contributed by atoms with Crippen LogP contribution in [0, 0.1) is 0 Å². The summed E-state index contributed by atoms with van der Waals surface area (Å²) in [4.78, 5) is 2.33. The van der Waals surface area contributed by atoms with Gasteiger partial charge in [0.2, 0.25) is 0 Å². The zero-order valence-electron chi connectivity index (χ0n) is 35.3. The number of hydrogen-bond acceptors (Lipinski definition) is 1. The molecule has 0 aliphatic rings. The summed E-state index contributed by atoms with van der Waals surface area (Å²) in [5, 5.41) is 2.43. The maximum atomic E-state index is 2.43. The second-order valence-corrected chi connectivity index (χ2v) is 16.1. The van der Waals surface area contributed by atoms with Gasteiger partial charge in [0.15, 0.2) is 0 Å². The van der Waals surface area contributed by atoms with Crippen LogP contribution in [0.4, 0.5) is 17.1 Å². The van der Waals surface area contributed by atoms with E-state index in [1.807, 2.05) is 6.07 Å². The van der Waals surface area contributed by atoms with E-state index in [9.17, 15) is 0 Å². The van der Waals surface area contributed by atoms with Crippen molar-refractivity contribution in [2.45, 2.75) is 0 Å². The quantitative estimate of drug-likeness (QED) is 0.125. The van der Waals surface area contributed by atoms with Crippen molar-refractivity contribution in [3.8, 4) is 50.2 Å². The Balaban J connectivity index is 1.03. The van der Waals surface area contributed by atoms with E-state index in [1.54, 1.807) is 0 Å². The maximum Gasteiger partial charge on any atom is 0.0541 e. The molecule has 0 fully saturated rings. The average molecular weight is 817 g/mol. The zero-order chi connectivity index (χ0) is 42.7. The lowest BCUT2D eigenvalue weighted by Gasteiger charge is -2.26. The topological polar surface area (TPSA) is 8.17 Å². The predicted molar refractivity (Wildman–Crippen MR) is 273 cm³/mol. The van der Waals surface area contributed by atoms with Crippen molar-refractivity contribution in [3.63, 3.8) is 0 Å². The Morgan fingerprint density at radius 3 is 1.11 bits per heavy atom. The van der Waals surface area contributed by atoms with Gasteiger partial charge in [0.05, 0.1) is 11.0 Å². The molecule has 1 heterocycles. The van der Waals surface area contributed by atoms with Crippen LogP contribution in [-0.4, -0.2) is 4.57 Å². The molecule has 0 unspecified atom stereocenters. The van der Waals surface area contributed by atoms with Gasteiger partial charge in [-0.05, 0) is 128 Å². The molecular formula is C62H44N2. The molecule has 2 heteroatoms. The molecule has 11 aromatic rings. The largest absolute Gasteiger partial charge is 0.311 e. The molecule has 10 aromatic carbocycles. The molecule has 2 nitrogen and oxygen atoms in total. The molecule has 0 saturated carbocycles. The zero-order valence-corrected chi connectivity index (χ0v) is 35.3. The minimum atomic E-state index is 1.09. The van der Waals surface area contributed by atoms with Crippen molar-refractivity contribution in [2.75, 3.05) is 4.90 Å². The summed E-state index contributed by atoms with van der Waals surface area (Å²) in [5.41, 5.74) is 18.7. The smallest absolute Gasteiger partial charge is 0.0541 e. The molecule has 0 atom stereocenters. The molecule has 64 heavy (non-hydrogen) atoms. The summed E-state index contributed by atoms with van der Waals surface area (Å²) in [7, 11) is 0. The van der Waals surface area contributed by atoms with E-state index in [2.05, 4.69) is 270 Å². The van der Waals surface area contributed by atoms with Crippen molar-refractivity contribution < 1.29 is 0 Å². The monoisotopic (exact) mass is 816 g/mol. The van der Waals surface area contributed by atoms with Gasteiger partial charge in [0.25, 0.3) is 0 Å². The molecule has 0 saturated heterocycles. The van der Waals surface area contributed by atoms with Gasteiger partial charge < -0.3 is 9.47 Å². The molecule has 0 amide bonds. The number of fused-ring (bicyclic) bond motifs is 3. The Hall–Kier alpha value is -8.46. The molecular weight excluding hydrogens is 773 g/mol. The van der Waals surface area contributed by atoms with E-state index in [0.717, 1.165) is 39.3 Å². The van der Waals surface area contributed by atoms with Crippen LogP contribution in [0.3, 0.4) is 0 Å². The van der Waals surface area contributed by atoms with E-state index in [4.69, 9.17) is 0 Å². The molecule has 0 aliphatic carbocycles. The van der Waals surface area contributed by atoms with Gasteiger partial charge >= 0.3 is 0 Å². The fraction of sp³-hybridized carbons (Fsp3) is 0. The number of anilines is 3. The van der Waals surface area contributed by atoms with Gasteiger partial charge in [-0.15, -0.1) is 0 Å². The van der Waals surface area contributed by atoms with Crippen LogP contribution in [-0.2, 0) is 0 Å². The van der Waals surface area contributed by atoms with Crippen LogP contribution in [0.1, 0.15) is 11.1 Å². The molecule has 0 spiro atoms. The van der Waals surface area contributed by atoms with Crippen LogP contribution in [0.2, 0.25) is 0 Å². The Kier molecular flexibility index (Phi) is 10.3. The van der Waals surface area contributed by atoms with E-state index in [1.165, 1.54) is 60.8 Å². The highest BCUT2D eigenvalue weighted by Gasteiger charge is 2.18. The fourth-order valence-electron chi connectivity index (χ4n) is 9.11. The first-order chi connectivity index (χ1) is 31.7. The summed E-state index contributed by atoms with van der Waals surface area (Å²) in [5.74, 6) is 0. The summed E-state index contributed by atoms with van der Waals surface area (Å²) >= 11 is 0. The summed E-state index contributed by atoms with van der Waals surface area (Å²) in [6, 6.07) is 91.8. The Bertz CT molecular complexity index is 3250. The van der Waals surface area contributed by atoms with Gasteiger partial charge in [-0.2, -0.15) is 0 Å². The van der Waals surface area contributed by atoms with Crippen molar-refractivity contribution in [1.29, 1.82) is 0 Å². The first-order valence-corrected chi connectivity index (χ1v) is 21.9. The van der Waals surface area contributed by atoms with Crippen LogP contribution in [0.15, 0.2) is 255 Å². The number of benzene rings is 10. The Labute approximate surface area is 374 Å². The minimum Gasteiger partial charge on any atom is -0.311 e. The van der Waals surface area contributed by atoms with Gasteiger partial charge in [0, 0.05) is 33.5 Å².